The van der Waals surface area contributed by atoms with E-state index in [-0.39, 0.29) is 10.2 Å². The van der Waals surface area contributed by atoms with Gasteiger partial charge in [0.15, 0.2) is 0 Å². The van der Waals surface area contributed by atoms with Gasteiger partial charge in [-0.2, -0.15) is 4.31 Å². The summed E-state index contributed by atoms with van der Waals surface area (Å²) >= 11 is 5.60. The summed E-state index contributed by atoms with van der Waals surface area (Å²) < 4.78 is 26.7. The molecule has 3 rings (SSSR count). The van der Waals surface area contributed by atoms with Gasteiger partial charge in [0.05, 0.1) is 12.4 Å². The van der Waals surface area contributed by atoms with Gasteiger partial charge in [-0.05, 0) is 31.0 Å². The fourth-order valence-corrected chi connectivity index (χ4v) is 4.39. The van der Waals surface area contributed by atoms with E-state index in [0.717, 1.165) is 19.5 Å². The van der Waals surface area contributed by atoms with Crippen molar-refractivity contribution in [2.24, 2.45) is 0 Å². The summed E-state index contributed by atoms with van der Waals surface area (Å²) in [7, 11) is -3.51. The van der Waals surface area contributed by atoms with E-state index in [1.54, 1.807) is 4.31 Å². The molecular formula is C12H17ClN4O2S. The Hall–Kier alpha value is -0.760. The van der Waals surface area contributed by atoms with Crippen molar-refractivity contribution in [1.82, 2.24) is 19.2 Å². The van der Waals surface area contributed by atoms with Crippen LogP contribution in [-0.2, 0) is 10.0 Å². The molecule has 0 radical (unpaired) electrons. The van der Waals surface area contributed by atoms with Gasteiger partial charge in [0.1, 0.15) is 4.90 Å². The van der Waals surface area contributed by atoms with Gasteiger partial charge in [-0.1, -0.05) is 6.42 Å². The topological polar surface area (TPSA) is 66.4 Å². The summed E-state index contributed by atoms with van der Waals surface area (Å²) in [4.78, 5) is 10.0. The molecule has 2 aliphatic rings. The molecule has 0 aliphatic carbocycles. The lowest BCUT2D eigenvalue weighted by atomic mass is 10.0. The molecule has 0 amide bonds. The largest absolute Gasteiger partial charge is 0.298 e. The third kappa shape index (κ3) is 2.67. The minimum absolute atomic E-state index is 0.0565. The molecule has 2 fully saturated rings. The lowest BCUT2D eigenvalue weighted by Crippen LogP contribution is -2.56. The summed E-state index contributed by atoms with van der Waals surface area (Å²) in [5, 5.41) is 0.0565. The van der Waals surface area contributed by atoms with Crippen molar-refractivity contribution in [3.63, 3.8) is 0 Å². The Labute approximate surface area is 123 Å². The van der Waals surface area contributed by atoms with Crippen LogP contribution in [0, 0.1) is 0 Å². The first-order valence-corrected chi connectivity index (χ1v) is 8.61. The number of sulfonamides is 1. The number of piperazine rings is 1. The summed E-state index contributed by atoms with van der Waals surface area (Å²) in [5.74, 6) is 0. The smallest absolute Gasteiger partial charge is 0.246 e. The minimum Gasteiger partial charge on any atom is -0.298 e. The molecule has 0 N–H and O–H groups in total. The van der Waals surface area contributed by atoms with Gasteiger partial charge in [0, 0.05) is 25.7 Å². The molecule has 110 valence electrons. The fraction of sp³-hybridized carbons (Fsp3) is 0.667. The maximum atomic E-state index is 12.6. The molecule has 1 atom stereocenters. The molecule has 6 nitrogen and oxygen atoms in total. The predicted molar refractivity (Wildman–Crippen MR) is 75.0 cm³/mol. The first-order chi connectivity index (χ1) is 9.57. The molecule has 1 unspecified atom stereocenters. The van der Waals surface area contributed by atoms with Crippen molar-refractivity contribution in [3.8, 4) is 0 Å². The van der Waals surface area contributed by atoms with E-state index >= 15 is 0 Å². The second-order valence-electron chi connectivity index (χ2n) is 5.24. The molecule has 20 heavy (non-hydrogen) atoms. The molecule has 3 heterocycles. The van der Waals surface area contributed by atoms with Crippen molar-refractivity contribution in [2.75, 3.05) is 26.2 Å². The maximum absolute atomic E-state index is 12.6. The van der Waals surface area contributed by atoms with E-state index in [1.807, 2.05) is 0 Å². The van der Waals surface area contributed by atoms with Crippen molar-refractivity contribution >= 4 is 21.6 Å². The van der Waals surface area contributed by atoms with Crippen molar-refractivity contribution < 1.29 is 8.42 Å². The fourth-order valence-electron chi connectivity index (χ4n) is 2.93. The van der Waals surface area contributed by atoms with Crippen LogP contribution >= 0.6 is 11.6 Å². The van der Waals surface area contributed by atoms with Crippen LogP contribution in [0.1, 0.15) is 19.3 Å². The number of hydrogen-bond acceptors (Lipinski definition) is 5. The quantitative estimate of drug-likeness (QED) is 0.761. The molecule has 0 bridgehead atoms. The highest BCUT2D eigenvalue weighted by Crippen LogP contribution is 2.25. The molecule has 0 saturated carbocycles. The maximum Gasteiger partial charge on any atom is 0.246 e. The van der Waals surface area contributed by atoms with Crippen LogP contribution in [0.3, 0.4) is 0 Å². The number of rotatable bonds is 2. The normalized spacial score (nSPS) is 25.4. The minimum atomic E-state index is -3.51. The molecule has 0 aromatic carbocycles. The van der Waals surface area contributed by atoms with Gasteiger partial charge in [0.2, 0.25) is 15.3 Å². The van der Waals surface area contributed by atoms with E-state index in [2.05, 4.69) is 14.9 Å². The summed E-state index contributed by atoms with van der Waals surface area (Å²) in [6.07, 6.45) is 6.02. The highest BCUT2D eigenvalue weighted by atomic mass is 35.5. The van der Waals surface area contributed by atoms with Gasteiger partial charge in [-0.15, -0.1) is 0 Å². The molecule has 1 aromatic heterocycles. The number of hydrogen-bond donors (Lipinski definition) is 0. The van der Waals surface area contributed by atoms with E-state index in [9.17, 15) is 8.42 Å². The molecule has 0 spiro atoms. The zero-order valence-corrected chi connectivity index (χ0v) is 12.6. The van der Waals surface area contributed by atoms with Gasteiger partial charge in [-0.25, -0.2) is 18.4 Å². The molecule has 2 aliphatic heterocycles. The van der Waals surface area contributed by atoms with Crippen LogP contribution in [0.25, 0.3) is 0 Å². The summed E-state index contributed by atoms with van der Waals surface area (Å²) in [6.45, 7) is 2.98. The monoisotopic (exact) mass is 316 g/mol. The lowest BCUT2D eigenvalue weighted by molar-refractivity contribution is 0.0851. The Kier molecular flexibility index (Phi) is 3.94. The molecular weight excluding hydrogens is 300 g/mol. The Morgan fingerprint density at radius 3 is 2.65 bits per heavy atom. The van der Waals surface area contributed by atoms with Gasteiger partial charge < -0.3 is 0 Å². The SMILES string of the molecule is O=S(=O)(c1cnc(Cl)nc1)N1CCN2CCCCC2C1. The van der Waals surface area contributed by atoms with Gasteiger partial charge in [0.25, 0.3) is 0 Å². The van der Waals surface area contributed by atoms with Crippen molar-refractivity contribution in [2.45, 2.75) is 30.2 Å². The highest BCUT2D eigenvalue weighted by molar-refractivity contribution is 7.89. The van der Waals surface area contributed by atoms with Gasteiger partial charge in [-0.3, -0.25) is 4.90 Å². The van der Waals surface area contributed by atoms with Crippen LogP contribution < -0.4 is 0 Å². The average molecular weight is 317 g/mol. The molecule has 1 aromatic rings. The third-order valence-electron chi connectivity index (χ3n) is 4.03. The Morgan fingerprint density at radius 1 is 1.15 bits per heavy atom. The first kappa shape index (κ1) is 14.2. The second kappa shape index (κ2) is 5.55. The third-order valence-corrected chi connectivity index (χ3v) is 6.05. The zero-order chi connectivity index (χ0) is 14.2. The van der Waals surface area contributed by atoms with Crippen molar-refractivity contribution in [3.05, 3.63) is 17.7 Å². The van der Waals surface area contributed by atoms with Crippen LogP contribution in [0.2, 0.25) is 5.28 Å². The number of aromatic nitrogens is 2. The number of halogens is 1. The Morgan fingerprint density at radius 2 is 1.90 bits per heavy atom. The second-order valence-corrected chi connectivity index (χ2v) is 7.51. The van der Waals surface area contributed by atoms with E-state index in [0.29, 0.717) is 19.1 Å². The number of fused-ring (bicyclic) bond motifs is 1. The zero-order valence-electron chi connectivity index (χ0n) is 11.1. The highest BCUT2D eigenvalue weighted by Gasteiger charge is 2.35. The van der Waals surface area contributed by atoms with E-state index in [4.69, 9.17) is 11.6 Å². The lowest BCUT2D eigenvalue weighted by Gasteiger charge is -2.43. The predicted octanol–water partition coefficient (Wildman–Crippen LogP) is 0.989. The molecule has 2 saturated heterocycles. The van der Waals surface area contributed by atoms with Crippen LogP contribution in [-0.4, -0.2) is 59.8 Å². The number of nitrogens with zero attached hydrogens (tertiary/aromatic N) is 4. The van der Waals surface area contributed by atoms with Crippen LogP contribution in [0.4, 0.5) is 0 Å². The van der Waals surface area contributed by atoms with E-state index in [1.165, 1.54) is 25.2 Å². The van der Waals surface area contributed by atoms with Crippen molar-refractivity contribution in [1.29, 1.82) is 0 Å². The van der Waals surface area contributed by atoms with E-state index < -0.39 is 10.0 Å². The number of piperidine rings is 1. The van der Waals surface area contributed by atoms with Gasteiger partial charge >= 0.3 is 0 Å². The summed E-state index contributed by atoms with van der Waals surface area (Å²) in [5.41, 5.74) is 0. The first-order valence-electron chi connectivity index (χ1n) is 6.79. The summed E-state index contributed by atoms with van der Waals surface area (Å²) in [6, 6.07) is 0.348. The van der Waals surface area contributed by atoms with Crippen LogP contribution in [0.15, 0.2) is 17.3 Å². The molecule has 8 heteroatoms. The Balaban J connectivity index is 1.79. The van der Waals surface area contributed by atoms with Crippen LogP contribution in [0.5, 0.6) is 0 Å². The standard InChI is InChI=1S/C12H17ClN4O2S/c13-12-14-7-11(8-15-12)20(18,19)17-6-5-16-4-2-1-3-10(16)9-17/h7-8,10H,1-6,9H2. The Bertz CT molecular complexity index is 578. The average Bonchev–Trinajstić information content (AvgIpc) is 2.47.